The minimum absolute atomic E-state index is 0.224. The van der Waals surface area contributed by atoms with Crippen molar-refractivity contribution in [2.75, 3.05) is 0 Å². The molecule has 1 aromatic rings. The lowest BCUT2D eigenvalue weighted by molar-refractivity contribution is -0.138. The Labute approximate surface area is 116 Å². The fourth-order valence-electron chi connectivity index (χ4n) is 1.58. The molecule has 0 saturated heterocycles. The first-order chi connectivity index (χ1) is 9.52. The maximum absolute atomic E-state index is 11.3. The van der Waals surface area contributed by atoms with Crippen LogP contribution in [0.5, 0.6) is 0 Å². The lowest BCUT2D eigenvalue weighted by Crippen LogP contribution is -2.32. The predicted octanol–water partition coefficient (Wildman–Crippen LogP) is 0.0123. The number of nitrogens with one attached hydrogen (secondary N) is 1. The molecule has 0 aliphatic heterocycles. The second-order valence-electron chi connectivity index (χ2n) is 4.18. The van der Waals surface area contributed by atoms with E-state index in [0.717, 1.165) is 23.3 Å². The van der Waals surface area contributed by atoms with Crippen LogP contribution in [0.4, 0.5) is 0 Å². The molecule has 0 bridgehead atoms. The largest absolute Gasteiger partial charge is 0.480 e. The van der Waals surface area contributed by atoms with E-state index in [9.17, 15) is 14.4 Å². The summed E-state index contributed by atoms with van der Waals surface area (Å²) in [4.78, 5) is 32.0. The minimum Gasteiger partial charge on any atom is -0.480 e. The molecule has 1 atom stereocenters. The summed E-state index contributed by atoms with van der Waals surface area (Å²) in [6.45, 7) is 0.290. The van der Waals surface area contributed by atoms with Crippen LogP contribution in [0.3, 0.4) is 0 Å². The number of carbonyl (C=O) groups excluding carboxylic acids is 2. The first kappa shape index (κ1) is 15.6. The molecule has 6 heteroatoms. The monoisotopic (exact) mass is 276 g/mol. The van der Waals surface area contributed by atoms with E-state index in [1.165, 1.54) is 0 Å². The molecule has 0 aliphatic rings. The van der Waals surface area contributed by atoms with Gasteiger partial charge in [-0.05, 0) is 23.6 Å². The van der Waals surface area contributed by atoms with E-state index in [0.29, 0.717) is 6.29 Å². The van der Waals surface area contributed by atoms with E-state index in [4.69, 9.17) is 10.8 Å². The first-order valence-electron chi connectivity index (χ1n) is 5.99. The molecule has 1 amide bonds. The highest BCUT2D eigenvalue weighted by Gasteiger charge is 2.12. The number of allylic oxidation sites excluding steroid dienone is 1. The summed E-state index contributed by atoms with van der Waals surface area (Å²) < 4.78 is 0. The predicted molar refractivity (Wildman–Crippen MR) is 72.8 cm³/mol. The van der Waals surface area contributed by atoms with Gasteiger partial charge in [0.2, 0.25) is 5.91 Å². The van der Waals surface area contributed by atoms with Crippen molar-refractivity contribution in [2.24, 2.45) is 5.73 Å². The van der Waals surface area contributed by atoms with Crippen LogP contribution in [-0.2, 0) is 27.3 Å². The number of hydrogen-bond donors (Lipinski definition) is 3. The van der Waals surface area contributed by atoms with Crippen molar-refractivity contribution in [1.82, 2.24) is 5.32 Å². The highest BCUT2D eigenvalue weighted by Crippen LogP contribution is 2.07. The molecular weight excluding hydrogens is 260 g/mol. The van der Waals surface area contributed by atoms with Gasteiger partial charge in [0, 0.05) is 12.6 Å². The topological polar surface area (TPSA) is 109 Å². The van der Waals surface area contributed by atoms with Crippen LogP contribution in [0.2, 0.25) is 0 Å². The number of nitrogens with two attached hydrogens (primary N) is 1. The fraction of sp³-hybridized carbons (Fsp3) is 0.214. The van der Waals surface area contributed by atoms with E-state index in [1.54, 1.807) is 24.3 Å². The summed E-state index contributed by atoms with van der Waals surface area (Å²) in [7, 11) is 0. The molecule has 6 nitrogen and oxygen atoms in total. The number of carboxylic acid groups (broad SMARTS) is 1. The van der Waals surface area contributed by atoms with Crippen molar-refractivity contribution in [2.45, 2.75) is 19.0 Å². The van der Waals surface area contributed by atoms with Gasteiger partial charge in [0.05, 0.1) is 0 Å². The van der Waals surface area contributed by atoms with Crippen molar-refractivity contribution in [3.05, 3.63) is 47.5 Å². The van der Waals surface area contributed by atoms with Crippen LogP contribution in [0.1, 0.15) is 11.1 Å². The molecule has 1 rings (SSSR count). The van der Waals surface area contributed by atoms with Crippen LogP contribution in [0.25, 0.3) is 0 Å². The Hall–Kier alpha value is -2.47. The summed E-state index contributed by atoms with van der Waals surface area (Å²) >= 11 is 0. The van der Waals surface area contributed by atoms with Gasteiger partial charge in [-0.1, -0.05) is 24.3 Å². The number of carbonyl (C=O) groups is 3. The Balaban J connectivity index is 2.59. The standard InChI is InChI=1S/C14H16N2O4/c15-12(14(19)20)8-10-3-1-4-11(7-10)9-16-13(18)5-2-6-17/h1-7,12H,8-9,15H2,(H,16,18)(H,19,20)/b5-2+/t12-/m1/s1. The number of aldehydes is 1. The van der Waals surface area contributed by atoms with Crippen LogP contribution >= 0.6 is 0 Å². The first-order valence-corrected chi connectivity index (χ1v) is 5.99. The van der Waals surface area contributed by atoms with E-state index in [1.807, 2.05) is 0 Å². The number of aliphatic carboxylic acids is 1. The summed E-state index contributed by atoms with van der Waals surface area (Å²) in [5, 5.41) is 11.4. The summed E-state index contributed by atoms with van der Waals surface area (Å²) in [6.07, 6.45) is 2.99. The Morgan fingerprint density at radius 3 is 2.70 bits per heavy atom. The van der Waals surface area contributed by atoms with Crippen molar-refractivity contribution in [3.8, 4) is 0 Å². The molecule has 0 heterocycles. The lowest BCUT2D eigenvalue weighted by Gasteiger charge is -2.08. The summed E-state index contributed by atoms with van der Waals surface area (Å²) in [5.74, 6) is -1.42. The van der Waals surface area contributed by atoms with Crippen molar-refractivity contribution in [1.29, 1.82) is 0 Å². The van der Waals surface area contributed by atoms with Gasteiger partial charge in [0.15, 0.2) is 0 Å². The van der Waals surface area contributed by atoms with Gasteiger partial charge in [-0.3, -0.25) is 14.4 Å². The summed E-state index contributed by atoms with van der Waals surface area (Å²) in [5.41, 5.74) is 7.08. The quantitative estimate of drug-likeness (QED) is 0.480. The van der Waals surface area contributed by atoms with Gasteiger partial charge in [0.25, 0.3) is 0 Å². The Morgan fingerprint density at radius 1 is 1.35 bits per heavy atom. The molecule has 0 fully saturated rings. The molecule has 0 radical (unpaired) electrons. The molecule has 0 unspecified atom stereocenters. The van der Waals surface area contributed by atoms with Gasteiger partial charge in [-0.25, -0.2) is 0 Å². The molecule has 20 heavy (non-hydrogen) atoms. The zero-order chi connectivity index (χ0) is 15.0. The van der Waals surface area contributed by atoms with E-state index in [-0.39, 0.29) is 18.9 Å². The fourth-order valence-corrected chi connectivity index (χ4v) is 1.58. The minimum atomic E-state index is -1.05. The molecule has 0 aromatic heterocycles. The third-order valence-electron chi connectivity index (χ3n) is 2.56. The smallest absolute Gasteiger partial charge is 0.320 e. The second-order valence-corrected chi connectivity index (χ2v) is 4.18. The maximum atomic E-state index is 11.3. The number of hydrogen-bond acceptors (Lipinski definition) is 4. The third-order valence-corrected chi connectivity index (χ3v) is 2.56. The molecule has 0 aliphatic carbocycles. The molecule has 0 spiro atoms. The number of benzene rings is 1. The van der Waals surface area contributed by atoms with Crippen LogP contribution in [0, 0.1) is 0 Å². The average Bonchev–Trinajstić information content (AvgIpc) is 2.43. The second kappa shape index (κ2) is 7.85. The van der Waals surface area contributed by atoms with Crippen LogP contribution in [0.15, 0.2) is 36.4 Å². The van der Waals surface area contributed by atoms with E-state index >= 15 is 0 Å². The van der Waals surface area contributed by atoms with E-state index < -0.39 is 12.0 Å². The Bertz CT molecular complexity index is 526. The van der Waals surface area contributed by atoms with Crippen molar-refractivity contribution in [3.63, 3.8) is 0 Å². The van der Waals surface area contributed by atoms with Gasteiger partial charge >= 0.3 is 5.97 Å². The van der Waals surface area contributed by atoms with Crippen LogP contribution < -0.4 is 11.1 Å². The van der Waals surface area contributed by atoms with Crippen molar-refractivity contribution >= 4 is 18.2 Å². The zero-order valence-corrected chi connectivity index (χ0v) is 10.8. The highest BCUT2D eigenvalue weighted by atomic mass is 16.4. The summed E-state index contributed by atoms with van der Waals surface area (Å²) in [6, 6.07) is 6.19. The normalized spacial score (nSPS) is 12.1. The molecular formula is C14H16N2O4. The third kappa shape index (κ3) is 5.45. The average molecular weight is 276 g/mol. The number of amides is 1. The van der Waals surface area contributed by atoms with Crippen LogP contribution in [-0.4, -0.2) is 29.3 Å². The lowest BCUT2D eigenvalue weighted by atomic mass is 10.0. The van der Waals surface area contributed by atoms with Crippen molar-refractivity contribution < 1.29 is 19.5 Å². The SMILES string of the molecule is N[C@H](Cc1cccc(CNC(=O)/C=C/C=O)c1)C(=O)O. The molecule has 1 aromatic carbocycles. The number of carboxylic acids is 1. The number of rotatable bonds is 7. The molecule has 0 saturated carbocycles. The van der Waals surface area contributed by atoms with E-state index in [2.05, 4.69) is 5.32 Å². The Morgan fingerprint density at radius 2 is 2.05 bits per heavy atom. The molecule has 106 valence electrons. The van der Waals surface area contributed by atoms with Gasteiger partial charge in [-0.2, -0.15) is 0 Å². The highest BCUT2D eigenvalue weighted by molar-refractivity contribution is 5.90. The van der Waals surface area contributed by atoms with Gasteiger partial charge in [0.1, 0.15) is 12.3 Å². The van der Waals surface area contributed by atoms with Gasteiger partial charge < -0.3 is 16.2 Å². The van der Waals surface area contributed by atoms with Gasteiger partial charge in [-0.15, -0.1) is 0 Å². The zero-order valence-electron chi connectivity index (χ0n) is 10.8. The Kier molecular flexibility index (Phi) is 6.12. The maximum Gasteiger partial charge on any atom is 0.320 e. The molecule has 4 N–H and O–H groups in total.